The summed E-state index contributed by atoms with van der Waals surface area (Å²) in [6.07, 6.45) is 3.80. The van der Waals surface area contributed by atoms with Crippen LogP contribution in [0.25, 0.3) is 0 Å². The summed E-state index contributed by atoms with van der Waals surface area (Å²) in [4.78, 5) is 4.89. The highest BCUT2D eigenvalue weighted by atomic mass is 35.5. The number of rotatable bonds is 2. The smallest absolute Gasteiger partial charge is 0.129 e. The lowest BCUT2D eigenvalue weighted by molar-refractivity contribution is 0.213. The van der Waals surface area contributed by atoms with Crippen LogP contribution < -0.4 is 0 Å². The van der Waals surface area contributed by atoms with Crippen molar-refractivity contribution < 1.29 is 4.39 Å². The van der Waals surface area contributed by atoms with Gasteiger partial charge in [-0.15, -0.1) is 0 Å². The Labute approximate surface area is 119 Å². The molecule has 2 saturated heterocycles. The lowest BCUT2D eigenvalue weighted by Gasteiger charge is -2.25. The molecule has 19 heavy (non-hydrogen) atoms. The molecular weight excluding hydrogens is 263 g/mol. The Hall–Kier alpha value is -0.640. The molecule has 2 atom stereocenters. The van der Waals surface area contributed by atoms with Crippen LogP contribution in [-0.4, -0.2) is 42.0 Å². The Balaban J connectivity index is 1.70. The maximum Gasteiger partial charge on any atom is 0.129 e. The molecule has 0 spiro atoms. The van der Waals surface area contributed by atoms with Gasteiger partial charge in [0.25, 0.3) is 0 Å². The van der Waals surface area contributed by atoms with Gasteiger partial charge in [0.15, 0.2) is 0 Å². The third kappa shape index (κ3) is 2.78. The van der Waals surface area contributed by atoms with Crippen molar-refractivity contribution in [3.8, 4) is 0 Å². The molecule has 2 aliphatic rings. The average Bonchev–Trinajstić information content (AvgIpc) is 2.60. The standard InChI is InChI=1S/C15H20ClFN2/c1-18-13-4-5-14(18)10-19(7-6-13)9-11-2-3-12(16)8-15(11)17/h2-3,8,13-14H,4-7,9-10H2,1H3. The zero-order valence-corrected chi connectivity index (χ0v) is 12.0. The van der Waals surface area contributed by atoms with E-state index in [1.807, 2.05) is 6.07 Å². The zero-order chi connectivity index (χ0) is 13.4. The van der Waals surface area contributed by atoms with Crippen LogP contribution in [-0.2, 0) is 6.54 Å². The molecule has 1 aromatic carbocycles. The predicted octanol–water partition coefficient (Wildman–Crippen LogP) is 3.15. The number of benzene rings is 1. The second kappa shape index (κ2) is 5.39. The summed E-state index contributed by atoms with van der Waals surface area (Å²) in [6, 6.07) is 6.36. The van der Waals surface area contributed by atoms with Crippen LogP contribution in [0.5, 0.6) is 0 Å². The largest absolute Gasteiger partial charge is 0.299 e. The van der Waals surface area contributed by atoms with E-state index in [0.717, 1.165) is 24.7 Å². The molecule has 0 amide bonds. The molecule has 3 rings (SSSR count). The van der Waals surface area contributed by atoms with Crippen molar-refractivity contribution in [3.63, 3.8) is 0 Å². The van der Waals surface area contributed by atoms with Gasteiger partial charge in [0.05, 0.1) is 0 Å². The van der Waals surface area contributed by atoms with Gasteiger partial charge in [0.1, 0.15) is 5.82 Å². The molecule has 4 heteroatoms. The third-order valence-corrected chi connectivity index (χ3v) is 4.88. The van der Waals surface area contributed by atoms with Crippen LogP contribution in [0, 0.1) is 5.82 Å². The summed E-state index contributed by atoms with van der Waals surface area (Å²) in [5.41, 5.74) is 0.754. The Morgan fingerprint density at radius 1 is 1.26 bits per heavy atom. The van der Waals surface area contributed by atoms with Gasteiger partial charge in [-0.3, -0.25) is 9.80 Å². The maximum absolute atomic E-state index is 13.8. The molecule has 2 fully saturated rings. The van der Waals surface area contributed by atoms with Crippen molar-refractivity contribution in [2.45, 2.75) is 37.9 Å². The van der Waals surface area contributed by atoms with E-state index in [9.17, 15) is 4.39 Å². The monoisotopic (exact) mass is 282 g/mol. The first-order valence-electron chi connectivity index (χ1n) is 7.01. The van der Waals surface area contributed by atoms with E-state index in [-0.39, 0.29) is 5.82 Å². The summed E-state index contributed by atoms with van der Waals surface area (Å²) in [5.74, 6) is -0.185. The normalized spacial score (nSPS) is 28.6. The molecule has 2 aliphatic heterocycles. The van der Waals surface area contributed by atoms with Crippen LogP contribution in [0.1, 0.15) is 24.8 Å². The number of likely N-dealkylation sites (N-methyl/N-ethyl adjacent to an activating group) is 1. The van der Waals surface area contributed by atoms with Crippen molar-refractivity contribution in [2.75, 3.05) is 20.1 Å². The minimum atomic E-state index is -0.185. The van der Waals surface area contributed by atoms with Gasteiger partial charge in [-0.1, -0.05) is 17.7 Å². The Kier molecular flexibility index (Phi) is 3.79. The quantitative estimate of drug-likeness (QED) is 0.822. The fourth-order valence-electron chi connectivity index (χ4n) is 3.41. The molecule has 1 aromatic rings. The van der Waals surface area contributed by atoms with Gasteiger partial charge in [-0.2, -0.15) is 0 Å². The van der Waals surface area contributed by atoms with E-state index in [1.54, 1.807) is 6.07 Å². The second-order valence-corrected chi connectivity index (χ2v) is 6.25. The summed E-state index contributed by atoms with van der Waals surface area (Å²) in [7, 11) is 2.23. The van der Waals surface area contributed by atoms with Crippen LogP contribution in [0.2, 0.25) is 5.02 Å². The van der Waals surface area contributed by atoms with E-state index >= 15 is 0 Å². The highest BCUT2D eigenvalue weighted by Crippen LogP contribution is 2.29. The second-order valence-electron chi connectivity index (χ2n) is 5.81. The molecule has 2 heterocycles. The van der Waals surface area contributed by atoms with Crippen molar-refractivity contribution >= 4 is 11.6 Å². The number of nitrogens with zero attached hydrogens (tertiary/aromatic N) is 2. The number of fused-ring (bicyclic) bond motifs is 2. The number of likely N-dealkylation sites (tertiary alicyclic amines) is 1. The highest BCUT2D eigenvalue weighted by molar-refractivity contribution is 6.30. The number of hydrogen-bond donors (Lipinski definition) is 0. The molecule has 0 saturated carbocycles. The van der Waals surface area contributed by atoms with Crippen LogP contribution >= 0.6 is 11.6 Å². The van der Waals surface area contributed by atoms with Gasteiger partial charge in [0.2, 0.25) is 0 Å². The van der Waals surface area contributed by atoms with Gasteiger partial charge in [-0.25, -0.2) is 4.39 Å². The van der Waals surface area contributed by atoms with E-state index in [4.69, 9.17) is 11.6 Å². The lowest BCUT2D eigenvalue weighted by atomic mass is 10.1. The van der Waals surface area contributed by atoms with Gasteiger partial charge >= 0.3 is 0 Å². The lowest BCUT2D eigenvalue weighted by Crippen LogP contribution is -2.36. The topological polar surface area (TPSA) is 6.48 Å². The molecular formula is C15H20ClFN2. The molecule has 0 aliphatic carbocycles. The Morgan fingerprint density at radius 3 is 2.84 bits per heavy atom. The van der Waals surface area contributed by atoms with E-state index < -0.39 is 0 Å². The summed E-state index contributed by atoms with van der Waals surface area (Å²) in [5, 5.41) is 0.468. The van der Waals surface area contributed by atoms with Gasteiger partial charge < -0.3 is 0 Å². The average molecular weight is 283 g/mol. The molecule has 2 nitrogen and oxygen atoms in total. The predicted molar refractivity (Wildman–Crippen MR) is 75.9 cm³/mol. The van der Waals surface area contributed by atoms with Crippen LogP contribution in [0.15, 0.2) is 18.2 Å². The van der Waals surface area contributed by atoms with Gasteiger partial charge in [0, 0.05) is 42.3 Å². The van der Waals surface area contributed by atoms with Gasteiger partial charge in [-0.05, 0) is 38.4 Å². The SMILES string of the molecule is CN1C2CCC1CN(Cc1ccc(Cl)cc1F)CC2. The highest BCUT2D eigenvalue weighted by Gasteiger charge is 2.34. The van der Waals surface area contributed by atoms with Crippen molar-refractivity contribution in [2.24, 2.45) is 0 Å². The summed E-state index contributed by atoms with van der Waals surface area (Å²) < 4.78 is 13.8. The first-order chi connectivity index (χ1) is 9.13. The summed E-state index contributed by atoms with van der Waals surface area (Å²) in [6.45, 7) is 2.81. The summed E-state index contributed by atoms with van der Waals surface area (Å²) >= 11 is 5.80. The molecule has 0 aromatic heterocycles. The van der Waals surface area contributed by atoms with Crippen LogP contribution in [0.3, 0.4) is 0 Å². The van der Waals surface area contributed by atoms with E-state index in [2.05, 4.69) is 16.8 Å². The minimum Gasteiger partial charge on any atom is -0.299 e. The van der Waals surface area contributed by atoms with Crippen molar-refractivity contribution in [3.05, 3.63) is 34.6 Å². The Bertz CT molecular complexity index is 465. The molecule has 2 bridgehead atoms. The molecule has 104 valence electrons. The number of hydrogen-bond acceptors (Lipinski definition) is 2. The zero-order valence-electron chi connectivity index (χ0n) is 11.3. The van der Waals surface area contributed by atoms with E-state index in [0.29, 0.717) is 17.6 Å². The maximum atomic E-state index is 13.8. The Morgan fingerprint density at radius 2 is 2.05 bits per heavy atom. The minimum absolute atomic E-state index is 0.185. The van der Waals surface area contributed by atoms with Crippen LogP contribution in [0.4, 0.5) is 4.39 Å². The van der Waals surface area contributed by atoms with Crippen molar-refractivity contribution in [1.82, 2.24) is 9.80 Å². The molecule has 0 N–H and O–H groups in total. The van der Waals surface area contributed by atoms with E-state index in [1.165, 1.54) is 25.3 Å². The first kappa shape index (κ1) is 13.3. The fraction of sp³-hybridized carbons (Fsp3) is 0.600. The number of halogens is 2. The molecule has 0 radical (unpaired) electrons. The third-order valence-electron chi connectivity index (χ3n) is 4.64. The fourth-order valence-corrected chi connectivity index (χ4v) is 3.57. The first-order valence-corrected chi connectivity index (χ1v) is 7.39. The molecule has 2 unspecified atom stereocenters. The van der Waals surface area contributed by atoms with Crippen molar-refractivity contribution in [1.29, 1.82) is 0 Å².